The summed E-state index contributed by atoms with van der Waals surface area (Å²) in [6.45, 7) is 9.04. The second-order valence-corrected chi connectivity index (χ2v) is 20.8. The number of ether oxygens (including phenoxy) is 3. The molecule has 1 atom stereocenters. The fraction of sp³-hybridized carbons (Fsp3) is 0.949. The Hall–Kier alpha value is -1.59. The maximum absolute atomic E-state index is 12.9. The average molecular weight is 920 g/mol. The lowest BCUT2D eigenvalue weighted by atomic mass is 10.0. The Morgan fingerprint density at radius 1 is 0.292 bits per heavy atom. The van der Waals surface area contributed by atoms with E-state index in [0.29, 0.717) is 19.3 Å². The minimum atomic E-state index is -0.762. The summed E-state index contributed by atoms with van der Waals surface area (Å²) in [7, 11) is 0. The molecule has 0 unspecified atom stereocenters. The van der Waals surface area contributed by atoms with Crippen molar-refractivity contribution in [1.29, 1.82) is 0 Å². The van der Waals surface area contributed by atoms with Gasteiger partial charge in [-0.1, -0.05) is 297 Å². The van der Waals surface area contributed by atoms with E-state index in [0.717, 1.165) is 63.7 Å². The van der Waals surface area contributed by atoms with Gasteiger partial charge in [0.1, 0.15) is 13.2 Å². The van der Waals surface area contributed by atoms with Gasteiger partial charge in [-0.3, -0.25) is 14.4 Å². The number of carbonyl (C=O) groups excluding carboxylic acids is 3. The summed E-state index contributed by atoms with van der Waals surface area (Å²) >= 11 is 0. The summed E-state index contributed by atoms with van der Waals surface area (Å²) in [4.78, 5) is 38.1. The number of carbonyl (C=O) groups is 3. The normalized spacial score (nSPS) is 12.0. The van der Waals surface area contributed by atoms with Crippen molar-refractivity contribution in [2.24, 2.45) is 5.92 Å². The highest BCUT2D eigenvalue weighted by atomic mass is 16.6. The lowest BCUT2D eigenvalue weighted by Gasteiger charge is -2.18. The molecule has 0 spiro atoms. The minimum absolute atomic E-state index is 0.0621. The van der Waals surface area contributed by atoms with Gasteiger partial charge in [0.25, 0.3) is 0 Å². The number of esters is 3. The van der Waals surface area contributed by atoms with Gasteiger partial charge in [0.2, 0.25) is 0 Å². The number of unbranched alkanes of at least 4 members (excludes halogenated alkanes) is 41. The summed E-state index contributed by atoms with van der Waals surface area (Å²) < 4.78 is 16.9. The van der Waals surface area contributed by atoms with Crippen LogP contribution in [0.3, 0.4) is 0 Å². The van der Waals surface area contributed by atoms with Crippen molar-refractivity contribution in [1.82, 2.24) is 0 Å². The molecule has 0 fully saturated rings. The van der Waals surface area contributed by atoms with Crippen molar-refractivity contribution in [3.8, 4) is 0 Å². The zero-order valence-corrected chi connectivity index (χ0v) is 44.5. The Labute approximate surface area is 406 Å². The van der Waals surface area contributed by atoms with Crippen LogP contribution < -0.4 is 0 Å². The summed E-state index contributed by atoms with van der Waals surface area (Å²) in [5.41, 5.74) is 0. The molecule has 0 aliphatic rings. The highest BCUT2D eigenvalue weighted by Crippen LogP contribution is 2.18. The first-order chi connectivity index (χ1) is 31.9. The van der Waals surface area contributed by atoms with Crippen LogP contribution in [0.5, 0.6) is 0 Å². The zero-order chi connectivity index (χ0) is 47.4. The Morgan fingerprint density at radius 3 is 0.754 bits per heavy atom. The fourth-order valence-electron chi connectivity index (χ4n) is 9.10. The molecule has 0 aromatic rings. The molecule has 0 bridgehead atoms. The van der Waals surface area contributed by atoms with Gasteiger partial charge in [-0.2, -0.15) is 0 Å². The highest BCUT2D eigenvalue weighted by molar-refractivity contribution is 5.71. The maximum atomic E-state index is 12.9. The van der Waals surface area contributed by atoms with Gasteiger partial charge in [0, 0.05) is 19.3 Å². The van der Waals surface area contributed by atoms with E-state index in [4.69, 9.17) is 14.2 Å². The molecule has 0 saturated heterocycles. The predicted molar refractivity (Wildman–Crippen MR) is 280 cm³/mol. The monoisotopic (exact) mass is 919 g/mol. The Kier molecular flexibility index (Phi) is 52.1. The Balaban J connectivity index is 4.27. The van der Waals surface area contributed by atoms with Gasteiger partial charge in [-0.25, -0.2) is 0 Å². The van der Waals surface area contributed by atoms with Gasteiger partial charge in [0.05, 0.1) is 0 Å². The Morgan fingerprint density at radius 2 is 0.508 bits per heavy atom. The van der Waals surface area contributed by atoms with Crippen LogP contribution in [-0.2, 0) is 28.6 Å². The fourth-order valence-corrected chi connectivity index (χ4v) is 9.10. The molecular weight excluding hydrogens is 805 g/mol. The predicted octanol–water partition coefficient (Wildman–Crippen LogP) is 19.4. The van der Waals surface area contributed by atoms with Crippen LogP contribution in [0.15, 0.2) is 0 Å². The third-order valence-corrected chi connectivity index (χ3v) is 13.5. The van der Waals surface area contributed by atoms with Crippen molar-refractivity contribution in [3.63, 3.8) is 0 Å². The molecule has 0 N–H and O–H groups in total. The van der Waals surface area contributed by atoms with Crippen LogP contribution in [0, 0.1) is 5.92 Å². The molecular formula is C59H114O6. The van der Waals surface area contributed by atoms with Crippen molar-refractivity contribution >= 4 is 17.9 Å². The summed E-state index contributed by atoms with van der Waals surface area (Å²) in [5.74, 6) is -0.0276. The van der Waals surface area contributed by atoms with Gasteiger partial charge in [-0.05, 0) is 25.2 Å². The van der Waals surface area contributed by atoms with E-state index >= 15 is 0 Å². The molecule has 0 saturated carbocycles. The number of hydrogen-bond acceptors (Lipinski definition) is 6. The molecule has 0 amide bonds. The van der Waals surface area contributed by atoms with Crippen LogP contribution in [0.4, 0.5) is 0 Å². The van der Waals surface area contributed by atoms with Crippen LogP contribution in [0.1, 0.15) is 336 Å². The van der Waals surface area contributed by atoms with Crippen molar-refractivity contribution < 1.29 is 28.6 Å². The highest BCUT2D eigenvalue weighted by Gasteiger charge is 2.19. The average Bonchev–Trinajstić information content (AvgIpc) is 3.29. The molecule has 6 heteroatoms. The number of rotatable bonds is 54. The van der Waals surface area contributed by atoms with E-state index in [2.05, 4.69) is 27.7 Å². The van der Waals surface area contributed by atoms with E-state index in [1.807, 2.05) is 0 Å². The number of hydrogen-bond donors (Lipinski definition) is 0. The molecule has 0 aromatic heterocycles. The summed E-state index contributed by atoms with van der Waals surface area (Å²) in [6, 6.07) is 0. The maximum Gasteiger partial charge on any atom is 0.306 e. The van der Waals surface area contributed by atoms with E-state index in [1.165, 1.54) is 231 Å². The van der Waals surface area contributed by atoms with Crippen LogP contribution >= 0.6 is 0 Å². The summed E-state index contributed by atoms with van der Waals surface area (Å²) in [5, 5.41) is 0. The first kappa shape index (κ1) is 63.4. The van der Waals surface area contributed by atoms with Gasteiger partial charge in [-0.15, -0.1) is 0 Å². The second-order valence-electron chi connectivity index (χ2n) is 20.8. The molecule has 0 aliphatic heterocycles. The molecule has 0 rings (SSSR count). The van der Waals surface area contributed by atoms with E-state index in [9.17, 15) is 14.4 Å². The Bertz CT molecular complexity index is 980. The molecule has 0 aromatic carbocycles. The second kappa shape index (κ2) is 53.4. The first-order valence-electron chi connectivity index (χ1n) is 29.4. The third kappa shape index (κ3) is 53.2. The molecule has 0 heterocycles. The lowest BCUT2D eigenvalue weighted by molar-refractivity contribution is -0.167. The van der Waals surface area contributed by atoms with Crippen LogP contribution in [0.2, 0.25) is 0 Å². The zero-order valence-electron chi connectivity index (χ0n) is 44.5. The van der Waals surface area contributed by atoms with Crippen molar-refractivity contribution in [2.75, 3.05) is 13.2 Å². The standard InChI is InChI=1S/C59H114O6/c1-5-7-9-11-13-15-17-19-21-23-25-27-29-31-35-40-44-48-52-59(62)65-56(54-64-58(61)51-47-43-39-36-32-33-37-41-45-49-55(3)4)53-63-57(60)50-46-42-38-34-30-28-26-24-22-20-18-16-14-12-10-8-6-2/h55-56H,5-54H2,1-4H3/t56-/m0/s1. The summed E-state index contributed by atoms with van der Waals surface area (Å²) in [6.07, 6.45) is 58.1. The molecule has 65 heavy (non-hydrogen) atoms. The smallest absolute Gasteiger partial charge is 0.306 e. The SMILES string of the molecule is CCCCCCCCCCCCCCCCCCCCC(=O)O[C@@H](COC(=O)CCCCCCCCCCCCCCCCCCC)COC(=O)CCCCCCCCCCCC(C)C. The lowest BCUT2D eigenvalue weighted by Crippen LogP contribution is -2.30. The van der Waals surface area contributed by atoms with Gasteiger partial charge < -0.3 is 14.2 Å². The molecule has 0 radical (unpaired) electrons. The molecule has 0 aliphatic carbocycles. The van der Waals surface area contributed by atoms with Crippen molar-refractivity contribution in [2.45, 2.75) is 342 Å². The first-order valence-corrected chi connectivity index (χ1v) is 29.4. The van der Waals surface area contributed by atoms with E-state index in [-0.39, 0.29) is 31.1 Å². The molecule has 386 valence electrons. The van der Waals surface area contributed by atoms with Gasteiger partial charge in [0.15, 0.2) is 6.10 Å². The van der Waals surface area contributed by atoms with E-state index in [1.54, 1.807) is 0 Å². The van der Waals surface area contributed by atoms with Crippen LogP contribution in [-0.4, -0.2) is 37.2 Å². The van der Waals surface area contributed by atoms with Gasteiger partial charge >= 0.3 is 17.9 Å². The quantitative estimate of drug-likeness (QED) is 0.0344. The van der Waals surface area contributed by atoms with Crippen LogP contribution in [0.25, 0.3) is 0 Å². The van der Waals surface area contributed by atoms with E-state index < -0.39 is 6.10 Å². The largest absolute Gasteiger partial charge is 0.462 e. The third-order valence-electron chi connectivity index (χ3n) is 13.5. The topological polar surface area (TPSA) is 78.9 Å². The molecule has 6 nitrogen and oxygen atoms in total. The minimum Gasteiger partial charge on any atom is -0.462 e. The van der Waals surface area contributed by atoms with Crippen molar-refractivity contribution in [3.05, 3.63) is 0 Å².